The average molecular weight is 188 g/mol. The van der Waals surface area contributed by atoms with Gasteiger partial charge in [-0.25, -0.2) is 0 Å². The molecule has 14 heavy (non-hydrogen) atoms. The minimum atomic E-state index is -0.424. The van der Waals surface area contributed by atoms with Crippen LogP contribution in [0.2, 0.25) is 0 Å². The van der Waals surface area contributed by atoms with Crippen LogP contribution in [0.15, 0.2) is 36.9 Å². The third kappa shape index (κ3) is 1.92. The Bertz CT molecular complexity index is 341. The molecule has 1 aromatic carbocycles. The molecule has 0 aliphatic heterocycles. The fraction of sp³-hybridized carbons (Fsp3) is 0.308. The molecule has 0 bridgehead atoms. The molecule has 1 aromatic rings. The number of aldehydes is 1. The van der Waals surface area contributed by atoms with E-state index in [0.717, 1.165) is 17.4 Å². The summed E-state index contributed by atoms with van der Waals surface area (Å²) < 4.78 is 0. The van der Waals surface area contributed by atoms with E-state index < -0.39 is 5.41 Å². The Hall–Kier alpha value is -1.37. The van der Waals surface area contributed by atoms with Crippen LogP contribution in [-0.4, -0.2) is 6.29 Å². The van der Waals surface area contributed by atoms with Crippen LogP contribution in [0.5, 0.6) is 0 Å². The van der Waals surface area contributed by atoms with Gasteiger partial charge in [0.2, 0.25) is 0 Å². The number of rotatable bonds is 4. The molecule has 0 fully saturated rings. The standard InChI is InChI=1S/C13H16O/c1-4-9-13(3,10-14)12-8-6-5-7-11(12)2/h4-8,10H,1,9H2,2-3H3/t13-/m1/s1. The summed E-state index contributed by atoms with van der Waals surface area (Å²) in [5.41, 5.74) is 1.83. The van der Waals surface area contributed by atoms with E-state index in [-0.39, 0.29) is 0 Å². The number of allylic oxidation sites excluding steroid dienone is 1. The van der Waals surface area contributed by atoms with Gasteiger partial charge in [0.1, 0.15) is 6.29 Å². The molecule has 0 aliphatic rings. The zero-order chi connectivity index (χ0) is 10.6. The third-order valence-electron chi connectivity index (χ3n) is 2.59. The molecule has 0 saturated carbocycles. The first kappa shape index (κ1) is 10.7. The molecule has 74 valence electrons. The number of aryl methyl sites for hydroxylation is 1. The van der Waals surface area contributed by atoms with E-state index in [2.05, 4.69) is 6.58 Å². The molecule has 0 aliphatic carbocycles. The molecule has 0 saturated heterocycles. The molecule has 0 aromatic heterocycles. The average Bonchev–Trinajstić information content (AvgIpc) is 2.18. The molecule has 1 heteroatoms. The molecule has 1 nitrogen and oxygen atoms in total. The van der Waals surface area contributed by atoms with Crippen LogP contribution in [0.1, 0.15) is 24.5 Å². The molecule has 0 unspecified atom stereocenters. The molecule has 0 radical (unpaired) electrons. The lowest BCUT2D eigenvalue weighted by atomic mass is 9.79. The quantitative estimate of drug-likeness (QED) is 0.524. The van der Waals surface area contributed by atoms with Crippen molar-refractivity contribution >= 4 is 6.29 Å². The normalized spacial score (nSPS) is 14.4. The van der Waals surface area contributed by atoms with E-state index in [4.69, 9.17) is 0 Å². The van der Waals surface area contributed by atoms with Gasteiger partial charge in [0.15, 0.2) is 0 Å². The third-order valence-corrected chi connectivity index (χ3v) is 2.59. The van der Waals surface area contributed by atoms with Crippen molar-refractivity contribution in [3.05, 3.63) is 48.0 Å². The van der Waals surface area contributed by atoms with E-state index >= 15 is 0 Å². The van der Waals surface area contributed by atoms with Gasteiger partial charge in [0.25, 0.3) is 0 Å². The lowest BCUT2D eigenvalue weighted by Gasteiger charge is -2.23. The highest BCUT2D eigenvalue weighted by Crippen LogP contribution is 2.28. The molecule has 0 N–H and O–H groups in total. The van der Waals surface area contributed by atoms with Crippen molar-refractivity contribution in [3.63, 3.8) is 0 Å². The molecule has 0 heterocycles. The minimum Gasteiger partial charge on any atom is -0.302 e. The van der Waals surface area contributed by atoms with Crippen molar-refractivity contribution in [2.75, 3.05) is 0 Å². The minimum absolute atomic E-state index is 0.424. The fourth-order valence-electron chi connectivity index (χ4n) is 1.74. The number of carbonyl (C=O) groups excluding carboxylic acids is 1. The Kier molecular flexibility index (Phi) is 3.23. The summed E-state index contributed by atoms with van der Waals surface area (Å²) in [5, 5.41) is 0. The van der Waals surface area contributed by atoms with Crippen LogP contribution in [0.4, 0.5) is 0 Å². The van der Waals surface area contributed by atoms with Gasteiger partial charge in [0.05, 0.1) is 5.41 Å². The first-order chi connectivity index (χ1) is 6.64. The maximum Gasteiger partial charge on any atom is 0.130 e. The summed E-state index contributed by atoms with van der Waals surface area (Å²) in [5.74, 6) is 0. The van der Waals surface area contributed by atoms with Crippen molar-refractivity contribution in [2.24, 2.45) is 0 Å². The van der Waals surface area contributed by atoms with Crippen molar-refractivity contribution in [2.45, 2.75) is 25.7 Å². The molecule has 1 rings (SSSR count). The van der Waals surface area contributed by atoms with Crippen LogP contribution >= 0.6 is 0 Å². The summed E-state index contributed by atoms with van der Waals surface area (Å²) in [6, 6.07) is 7.98. The molecule has 0 amide bonds. The van der Waals surface area contributed by atoms with Gasteiger partial charge >= 0.3 is 0 Å². The van der Waals surface area contributed by atoms with Gasteiger partial charge in [-0.1, -0.05) is 30.3 Å². The second-order valence-electron chi connectivity index (χ2n) is 3.84. The second kappa shape index (κ2) is 4.23. The topological polar surface area (TPSA) is 17.1 Å². The van der Waals surface area contributed by atoms with E-state index in [1.54, 1.807) is 6.08 Å². The van der Waals surface area contributed by atoms with Crippen LogP contribution < -0.4 is 0 Å². The van der Waals surface area contributed by atoms with Gasteiger partial charge in [0, 0.05) is 0 Å². The molecular formula is C13H16O. The van der Waals surface area contributed by atoms with Crippen LogP contribution in [0, 0.1) is 6.92 Å². The predicted octanol–water partition coefficient (Wildman–Crippen LogP) is 3.03. The highest BCUT2D eigenvalue weighted by molar-refractivity contribution is 5.69. The molecule has 1 atom stereocenters. The predicted molar refractivity (Wildman–Crippen MR) is 59.4 cm³/mol. The second-order valence-corrected chi connectivity index (χ2v) is 3.84. The van der Waals surface area contributed by atoms with E-state index in [9.17, 15) is 4.79 Å². The maximum atomic E-state index is 11.1. The van der Waals surface area contributed by atoms with Crippen LogP contribution in [-0.2, 0) is 10.2 Å². The summed E-state index contributed by atoms with van der Waals surface area (Å²) in [7, 11) is 0. The zero-order valence-corrected chi connectivity index (χ0v) is 8.79. The van der Waals surface area contributed by atoms with E-state index in [1.807, 2.05) is 38.1 Å². The van der Waals surface area contributed by atoms with Gasteiger partial charge in [-0.3, -0.25) is 0 Å². The van der Waals surface area contributed by atoms with Gasteiger partial charge < -0.3 is 4.79 Å². The summed E-state index contributed by atoms with van der Waals surface area (Å²) in [6.45, 7) is 7.67. The summed E-state index contributed by atoms with van der Waals surface area (Å²) in [6.07, 6.45) is 3.49. The summed E-state index contributed by atoms with van der Waals surface area (Å²) >= 11 is 0. The molecule has 0 spiro atoms. The van der Waals surface area contributed by atoms with Gasteiger partial charge in [-0.05, 0) is 31.4 Å². The molecular weight excluding hydrogens is 172 g/mol. The Morgan fingerprint density at radius 3 is 2.57 bits per heavy atom. The Labute approximate surface area is 85.5 Å². The maximum absolute atomic E-state index is 11.1. The van der Waals surface area contributed by atoms with Crippen molar-refractivity contribution in [1.29, 1.82) is 0 Å². The fourth-order valence-corrected chi connectivity index (χ4v) is 1.74. The highest BCUT2D eigenvalue weighted by atomic mass is 16.1. The number of hydrogen-bond acceptors (Lipinski definition) is 1. The van der Waals surface area contributed by atoms with Gasteiger partial charge in [-0.2, -0.15) is 0 Å². The monoisotopic (exact) mass is 188 g/mol. The van der Waals surface area contributed by atoms with Gasteiger partial charge in [-0.15, -0.1) is 6.58 Å². The van der Waals surface area contributed by atoms with Crippen molar-refractivity contribution in [3.8, 4) is 0 Å². The van der Waals surface area contributed by atoms with Crippen LogP contribution in [0.3, 0.4) is 0 Å². The lowest BCUT2D eigenvalue weighted by Crippen LogP contribution is -2.23. The van der Waals surface area contributed by atoms with Crippen LogP contribution in [0.25, 0.3) is 0 Å². The SMILES string of the molecule is C=CC[C@](C)(C=O)c1ccccc1C. The smallest absolute Gasteiger partial charge is 0.130 e. The highest BCUT2D eigenvalue weighted by Gasteiger charge is 2.25. The Morgan fingerprint density at radius 1 is 1.43 bits per heavy atom. The van der Waals surface area contributed by atoms with Crippen molar-refractivity contribution in [1.82, 2.24) is 0 Å². The summed E-state index contributed by atoms with van der Waals surface area (Å²) in [4.78, 5) is 11.1. The van der Waals surface area contributed by atoms with E-state index in [0.29, 0.717) is 6.42 Å². The largest absolute Gasteiger partial charge is 0.302 e. The van der Waals surface area contributed by atoms with Crippen molar-refractivity contribution < 1.29 is 4.79 Å². The first-order valence-corrected chi connectivity index (χ1v) is 4.77. The number of carbonyl (C=O) groups is 1. The number of hydrogen-bond donors (Lipinski definition) is 0. The first-order valence-electron chi connectivity index (χ1n) is 4.77. The Balaban J connectivity index is 3.18. The zero-order valence-electron chi connectivity index (χ0n) is 8.79. The number of benzene rings is 1. The Morgan fingerprint density at radius 2 is 2.07 bits per heavy atom. The lowest BCUT2D eigenvalue weighted by molar-refractivity contribution is -0.112. The van der Waals surface area contributed by atoms with E-state index in [1.165, 1.54) is 0 Å².